The van der Waals surface area contributed by atoms with E-state index >= 15 is 0 Å². The smallest absolute Gasteiger partial charge is 0.237 e. The van der Waals surface area contributed by atoms with E-state index in [1.807, 2.05) is 12.1 Å². The molecule has 3 rings (SSSR count). The lowest BCUT2D eigenvalue weighted by molar-refractivity contribution is -0.123. The van der Waals surface area contributed by atoms with E-state index in [0.717, 1.165) is 37.7 Å². The number of pyridine rings is 1. The number of rotatable bonds is 5. The number of ether oxygens (including phenoxy) is 1. The first kappa shape index (κ1) is 16.9. The summed E-state index contributed by atoms with van der Waals surface area (Å²) in [6.45, 7) is 5.78. The van der Waals surface area contributed by atoms with E-state index in [1.54, 1.807) is 13.1 Å². The Bertz CT molecular complexity index is 584. The van der Waals surface area contributed by atoms with Gasteiger partial charge in [-0.3, -0.25) is 9.59 Å². The Balaban J connectivity index is 1.48. The highest BCUT2D eigenvalue weighted by atomic mass is 16.5. The quantitative estimate of drug-likeness (QED) is 0.796. The minimum absolute atomic E-state index is 0.0461. The van der Waals surface area contributed by atoms with Gasteiger partial charge in [-0.1, -0.05) is 6.07 Å². The van der Waals surface area contributed by atoms with E-state index < -0.39 is 0 Å². The molecule has 0 bridgehead atoms. The topological polar surface area (TPSA) is 83.6 Å². The maximum absolute atomic E-state index is 12.2. The number of hydrogen-bond acceptors (Lipinski definition) is 6. The van der Waals surface area contributed by atoms with Crippen LogP contribution in [-0.2, 0) is 20.9 Å². The van der Waals surface area contributed by atoms with Crippen LogP contribution in [0.2, 0.25) is 0 Å². The number of morpholine rings is 1. The Morgan fingerprint density at radius 3 is 2.79 bits per heavy atom. The van der Waals surface area contributed by atoms with Crippen LogP contribution < -0.4 is 15.5 Å². The molecule has 0 aromatic carbocycles. The average molecular weight is 332 g/mol. The molecule has 3 heterocycles. The van der Waals surface area contributed by atoms with Crippen molar-refractivity contribution in [2.45, 2.75) is 25.9 Å². The molecule has 2 saturated heterocycles. The first-order valence-corrected chi connectivity index (χ1v) is 8.42. The summed E-state index contributed by atoms with van der Waals surface area (Å²) in [5.74, 6) is 0.974. The van der Waals surface area contributed by atoms with E-state index in [0.29, 0.717) is 19.5 Å². The number of nitrogens with zero attached hydrogens (tertiary/aromatic N) is 2. The van der Waals surface area contributed by atoms with Crippen LogP contribution in [0.3, 0.4) is 0 Å². The molecule has 2 aliphatic heterocycles. The normalized spacial score (nSPS) is 24.0. The fourth-order valence-electron chi connectivity index (χ4n) is 3.06. The molecule has 1 aromatic heterocycles. The molecular weight excluding hydrogens is 308 g/mol. The van der Waals surface area contributed by atoms with Gasteiger partial charge in [0.25, 0.3) is 0 Å². The third kappa shape index (κ3) is 4.10. The summed E-state index contributed by atoms with van der Waals surface area (Å²) in [5.41, 5.74) is 0.960. The molecule has 1 amide bonds. The molecule has 2 unspecified atom stereocenters. The van der Waals surface area contributed by atoms with Crippen molar-refractivity contribution in [3.8, 4) is 0 Å². The van der Waals surface area contributed by atoms with E-state index in [4.69, 9.17) is 4.74 Å². The SMILES string of the molecule is CC(=O)C1CNC(C(=O)NCc2ccc(N3CCOCC3)nc2)C1. The lowest BCUT2D eigenvalue weighted by Gasteiger charge is -2.27. The van der Waals surface area contributed by atoms with Crippen LogP contribution in [0, 0.1) is 5.92 Å². The number of Topliss-reactive ketones (excluding diaryl/α,β-unsaturated/α-hetero) is 1. The summed E-state index contributed by atoms with van der Waals surface area (Å²) in [5, 5.41) is 6.02. The second-order valence-electron chi connectivity index (χ2n) is 6.35. The largest absolute Gasteiger partial charge is 0.378 e. The molecule has 0 aliphatic carbocycles. The molecule has 2 fully saturated rings. The van der Waals surface area contributed by atoms with Crippen molar-refractivity contribution >= 4 is 17.5 Å². The van der Waals surface area contributed by atoms with Crippen molar-refractivity contribution in [3.63, 3.8) is 0 Å². The molecule has 7 heteroatoms. The standard InChI is InChI=1S/C17H24N4O3/c1-12(22)14-8-15(18-11-14)17(23)20-10-13-2-3-16(19-9-13)21-4-6-24-7-5-21/h2-3,9,14-15,18H,4-8,10-11H2,1H3,(H,20,23). The Kier molecular flexibility index (Phi) is 5.42. The molecule has 130 valence electrons. The molecule has 2 atom stereocenters. The van der Waals surface area contributed by atoms with Crippen LogP contribution in [0.1, 0.15) is 18.9 Å². The van der Waals surface area contributed by atoms with Gasteiger partial charge in [-0.2, -0.15) is 0 Å². The van der Waals surface area contributed by atoms with Gasteiger partial charge >= 0.3 is 0 Å². The lowest BCUT2D eigenvalue weighted by Crippen LogP contribution is -2.40. The first-order chi connectivity index (χ1) is 11.6. The van der Waals surface area contributed by atoms with E-state index in [9.17, 15) is 9.59 Å². The van der Waals surface area contributed by atoms with Crippen LogP contribution in [0.5, 0.6) is 0 Å². The number of hydrogen-bond donors (Lipinski definition) is 2. The molecule has 2 aliphatic rings. The highest BCUT2D eigenvalue weighted by Crippen LogP contribution is 2.16. The third-order valence-corrected chi connectivity index (χ3v) is 4.63. The number of nitrogens with one attached hydrogen (secondary N) is 2. The summed E-state index contributed by atoms with van der Waals surface area (Å²) in [4.78, 5) is 30.2. The van der Waals surface area contributed by atoms with Crippen molar-refractivity contribution in [2.24, 2.45) is 5.92 Å². The van der Waals surface area contributed by atoms with Crippen molar-refractivity contribution in [2.75, 3.05) is 37.7 Å². The molecule has 2 N–H and O–H groups in total. The third-order valence-electron chi connectivity index (χ3n) is 4.63. The fourth-order valence-corrected chi connectivity index (χ4v) is 3.06. The van der Waals surface area contributed by atoms with Crippen molar-refractivity contribution in [1.29, 1.82) is 0 Å². The molecular formula is C17H24N4O3. The van der Waals surface area contributed by atoms with Gasteiger partial charge in [-0.25, -0.2) is 4.98 Å². The molecule has 0 saturated carbocycles. The number of carbonyl (C=O) groups excluding carboxylic acids is 2. The summed E-state index contributed by atoms with van der Waals surface area (Å²) in [6.07, 6.45) is 2.38. The van der Waals surface area contributed by atoms with Crippen LogP contribution in [0.25, 0.3) is 0 Å². The average Bonchev–Trinajstić information content (AvgIpc) is 3.11. The molecule has 24 heavy (non-hydrogen) atoms. The zero-order valence-electron chi connectivity index (χ0n) is 14.0. The number of ketones is 1. The van der Waals surface area contributed by atoms with E-state index in [-0.39, 0.29) is 23.7 Å². The van der Waals surface area contributed by atoms with Crippen LogP contribution in [0.4, 0.5) is 5.82 Å². The monoisotopic (exact) mass is 332 g/mol. The highest BCUT2D eigenvalue weighted by molar-refractivity contribution is 5.85. The van der Waals surface area contributed by atoms with Gasteiger partial charge in [0.05, 0.1) is 19.3 Å². The maximum atomic E-state index is 12.2. The second kappa shape index (κ2) is 7.72. The summed E-state index contributed by atoms with van der Waals surface area (Å²) < 4.78 is 5.34. The van der Waals surface area contributed by atoms with E-state index in [2.05, 4.69) is 20.5 Å². The van der Waals surface area contributed by atoms with Gasteiger partial charge in [-0.05, 0) is 25.0 Å². The van der Waals surface area contributed by atoms with Gasteiger partial charge in [0.2, 0.25) is 5.91 Å². The van der Waals surface area contributed by atoms with Gasteiger partial charge in [0.15, 0.2) is 0 Å². The zero-order chi connectivity index (χ0) is 16.9. The lowest BCUT2D eigenvalue weighted by atomic mass is 10.0. The number of carbonyl (C=O) groups is 2. The van der Waals surface area contributed by atoms with Gasteiger partial charge < -0.3 is 20.3 Å². The molecule has 0 radical (unpaired) electrons. The molecule has 0 spiro atoms. The molecule has 1 aromatic rings. The summed E-state index contributed by atoms with van der Waals surface area (Å²) in [6, 6.07) is 3.68. The Labute approximate surface area is 141 Å². The maximum Gasteiger partial charge on any atom is 0.237 e. The minimum Gasteiger partial charge on any atom is -0.378 e. The Hall–Kier alpha value is -1.99. The van der Waals surface area contributed by atoms with Gasteiger partial charge in [-0.15, -0.1) is 0 Å². The fraction of sp³-hybridized carbons (Fsp3) is 0.588. The first-order valence-electron chi connectivity index (χ1n) is 8.42. The highest BCUT2D eigenvalue weighted by Gasteiger charge is 2.31. The van der Waals surface area contributed by atoms with Gasteiger partial charge in [0.1, 0.15) is 11.6 Å². The Morgan fingerprint density at radius 2 is 2.17 bits per heavy atom. The van der Waals surface area contributed by atoms with Crippen LogP contribution >= 0.6 is 0 Å². The Morgan fingerprint density at radius 1 is 1.38 bits per heavy atom. The summed E-state index contributed by atoms with van der Waals surface area (Å²) >= 11 is 0. The second-order valence-corrected chi connectivity index (χ2v) is 6.35. The predicted octanol–water partition coefficient (Wildman–Crippen LogP) is 0.102. The number of amides is 1. The van der Waals surface area contributed by atoms with Crippen molar-refractivity contribution in [3.05, 3.63) is 23.9 Å². The number of aromatic nitrogens is 1. The molecule has 7 nitrogen and oxygen atoms in total. The predicted molar refractivity (Wildman–Crippen MR) is 89.7 cm³/mol. The van der Waals surface area contributed by atoms with E-state index in [1.165, 1.54) is 0 Å². The number of anilines is 1. The van der Waals surface area contributed by atoms with Crippen LogP contribution in [0.15, 0.2) is 18.3 Å². The van der Waals surface area contributed by atoms with Crippen LogP contribution in [-0.4, -0.2) is 55.6 Å². The van der Waals surface area contributed by atoms with Crippen molar-refractivity contribution < 1.29 is 14.3 Å². The summed E-state index contributed by atoms with van der Waals surface area (Å²) in [7, 11) is 0. The minimum atomic E-state index is -0.278. The van der Waals surface area contributed by atoms with Gasteiger partial charge in [0, 0.05) is 38.3 Å². The zero-order valence-corrected chi connectivity index (χ0v) is 14.0. The van der Waals surface area contributed by atoms with Crippen molar-refractivity contribution in [1.82, 2.24) is 15.6 Å².